The van der Waals surface area contributed by atoms with Crippen LogP contribution in [0.3, 0.4) is 0 Å². The second-order valence-electron chi connectivity index (χ2n) is 6.11. The molecule has 0 bridgehead atoms. The number of carboxylic acids is 1. The summed E-state index contributed by atoms with van der Waals surface area (Å²) in [5.41, 5.74) is 0. The van der Waals surface area contributed by atoms with E-state index in [0.29, 0.717) is 19.4 Å². The Bertz CT molecular complexity index is 362. The molecule has 0 aromatic heterocycles. The highest BCUT2D eigenvalue weighted by Gasteiger charge is 2.36. The van der Waals surface area contributed by atoms with Crippen LogP contribution < -0.4 is 0 Å². The summed E-state index contributed by atoms with van der Waals surface area (Å²) in [6, 6.07) is 0. The molecule has 4 nitrogen and oxygen atoms in total. The molecular weight excluding hydrogens is 280 g/mol. The van der Waals surface area contributed by atoms with E-state index in [9.17, 15) is 14.7 Å². The molecule has 0 heterocycles. The fraction of sp³-hybridized carbons (Fsp3) is 0.778. The van der Waals surface area contributed by atoms with Crippen molar-refractivity contribution in [2.45, 2.75) is 71.1 Å². The molecule has 0 saturated heterocycles. The number of rotatable bonds is 10. The molecule has 1 fully saturated rings. The van der Waals surface area contributed by atoms with Gasteiger partial charge in [0.25, 0.3) is 0 Å². The second kappa shape index (κ2) is 11.3. The Morgan fingerprint density at radius 3 is 2.32 bits per heavy atom. The number of carboxylic acid groups (broad SMARTS) is 1. The number of esters is 1. The molecule has 0 spiro atoms. The van der Waals surface area contributed by atoms with Crippen molar-refractivity contribution < 1.29 is 19.4 Å². The average Bonchev–Trinajstić information content (AvgIpc) is 2.53. The minimum atomic E-state index is -0.862. The van der Waals surface area contributed by atoms with E-state index >= 15 is 0 Å². The van der Waals surface area contributed by atoms with Gasteiger partial charge in [-0.1, -0.05) is 44.8 Å². The largest absolute Gasteiger partial charge is 0.481 e. The summed E-state index contributed by atoms with van der Waals surface area (Å²) < 4.78 is 5.28. The highest BCUT2D eigenvalue weighted by molar-refractivity contribution is 5.81. The number of hydrogen-bond donors (Lipinski definition) is 1. The van der Waals surface area contributed by atoms with E-state index in [1.165, 1.54) is 12.8 Å². The van der Waals surface area contributed by atoms with E-state index in [2.05, 4.69) is 19.1 Å². The number of allylic oxidation sites excluding steroid dienone is 2. The minimum Gasteiger partial charge on any atom is -0.481 e. The second-order valence-corrected chi connectivity index (χ2v) is 6.11. The number of ether oxygens (including phenoxy) is 1. The van der Waals surface area contributed by atoms with E-state index in [1.54, 1.807) is 0 Å². The predicted octanol–water partition coefficient (Wildman–Crippen LogP) is 4.34. The third-order valence-electron chi connectivity index (χ3n) is 4.29. The maximum Gasteiger partial charge on any atom is 0.309 e. The Balaban J connectivity index is 2.14. The number of aliphatic carboxylic acids is 1. The molecule has 1 aliphatic carbocycles. The van der Waals surface area contributed by atoms with Gasteiger partial charge in [-0.2, -0.15) is 0 Å². The van der Waals surface area contributed by atoms with Crippen molar-refractivity contribution in [3.8, 4) is 0 Å². The van der Waals surface area contributed by atoms with Crippen molar-refractivity contribution in [1.29, 1.82) is 0 Å². The van der Waals surface area contributed by atoms with Crippen LogP contribution in [0, 0.1) is 11.8 Å². The molecule has 4 heteroatoms. The maximum absolute atomic E-state index is 12.0. The number of hydrogen-bond acceptors (Lipinski definition) is 3. The molecule has 1 N–H and O–H groups in total. The average molecular weight is 310 g/mol. The quantitative estimate of drug-likeness (QED) is 0.370. The molecule has 0 aliphatic heterocycles. The molecule has 1 rings (SSSR count). The number of unbranched alkanes of at least 4 members (excludes halogenated alkanes) is 4. The summed E-state index contributed by atoms with van der Waals surface area (Å²) in [6.45, 7) is 2.59. The molecule has 126 valence electrons. The Hall–Kier alpha value is -1.32. The monoisotopic (exact) mass is 310 g/mol. The number of carbonyl (C=O) groups is 2. The SMILES string of the molecule is CCCC/C=C/CCCCOC(=O)C1CCCCC1C(=O)O. The van der Waals surface area contributed by atoms with Gasteiger partial charge in [0, 0.05) is 0 Å². The first-order chi connectivity index (χ1) is 10.7. The summed E-state index contributed by atoms with van der Waals surface area (Å²) in [7, 11) is 0. The molecule has 1 aliphatic rings. The van der Waals surface area contributed by atoms with E-state index in [1.807, 2.05) is 0 Å². The Morgan fingerprint density at radius 2 is 1.68 bits per heavy atom. The summed E-state index contributed by atoms with van der Waals surface area (Å²) in [5, 5.41) is 9.17. The molecule has 22 heavy (non-hydrogen) atoms. The third-order valence-corrected chi connectivity index (χ3v) is 4.29. The lowest BCUT2D eigenvalue weighted by molar-refractivity contribution is -0.159. The smallest absolute Gasteiger partial charge is 0.309 e. The summed E-state index contributed by atoms with van der Waals surface area (Å²) in [4.78, 5) is 23.2. The van der Waals surface area contributed by atoms with Crippen molar-refractivity contribution in [2.24, 2.45) is 11.8 Å². The van der Waals surface area contributed by atoms with Crippen molar-refractivity contribution in [3.63, 3.8) is 0 Å². The van der Waals surface area contributed by atoms with Crippen LogP contribution in [-0.4, -0.2) is 23.7 Å². The lowest BCUT2D eigenvalue weighted by Gasteiger charge is -2.26. The zero-order valence-electron chi connectivity index (χ0n) is 13.8. The Morgan fingerprint density at radius 1 is 1.05 bits per heavy atom. The first-order valence-electron chi connectivity index (χ1n) is 8.71. The molecule has 2 unspecified atom stereocenters. The molecule has 2 atom stereocenters. The van der Waals surface area contributed by atoms with Gasteiger partial charge in [0.1, 0.15) is 0 Å². The van der Waals surface area contributed by atoms with Crippen LogP contribution in [-0.2, 0) is 14.3 Å². The van der Waals surface area contributed by atoms with Gasteiger partial charge >= 0.3 is 11.9 Å². The van der Waals surface area contributed by atoms with Gasteiger partial charge in [0.15, 0.2) is 0 Å². The predicted molar refractivity (Wildman–Crippen MR) is 86.6 cm³/mol. The molecule has 0 amide bonds. The van der Waals surface area contributed by atoms with Gasteiger partial charge in [0.2, 0.25) is 0 Å². The van der Waals surface area contributed by atoms with E-state index in [4.69, 9.17) is 4.74 Å². The van der Waals surface area contributed by atoms with Gasteiger partial charge < -0.3 is 9.84 Å². The molecule has 0 radical (unpaired) electrons. The van der Waals surface area contributed by atoms with Gasteiger partial charge in [-0.3, -0.25) is 9.59 Å². The molecule has 0 aromatic rings. The number of carbonyl (C=O) groups excluding carboxylic acids is 1. The van der Waals surface area contributed by atoms with Gasteiger partial charge in [-0.05, 0) is 38.5 Å². The lowest BCUT2D eigenvalue weighted by atomic mass is 9.79. The first-order valence-corrected chi connectivity index (χ1v) is 8.71. The first kappa shape index (κ1) is 18.7. The fourth-order valence-corrected chi connectivity index (χ4v) is 2.91. The van der Waals surface area contributed by atoms with E-state index in [-0.39, 0.29) is 5.97 Å². The van der Waals surface area contributed by atoms with E-state index in [0.717, 1.165) is 38.5 Å². The maximum atomic E-state index is 12.0. The normalized spacial score (nSPS) is 21.9. The van der Waals surface area contributed by atoms with E-state index < -0.39 is 17.8 Å². The van der Waals surface area contributed by atoms with Crippen molar-refractivity contribution in [3.05, 3.63) is 12.2 Å². The third kappa shape index (κ3) is 7.10. The molecular formula is C18H30O4. The fourth-order valence-electron chi connectivity index (χ4n) is 2.91. The zero-order chi connectivity index (χ0) is 16.2. The Kier molecular flexibility index (Phi) is 9.60. The summed E-state index contributed by atoms with van der Waals surface area (Å²) >= 11 is 0. The van der Waals surface area contributed by atoms with Crippen LogP contribution in [0.5, 0.6) is 0 Å². The molecule has 1 saturated carbocycles. The van der Waals surface area contributed by atoms with Crippen LogP contribution in [0.2, 0.25) is 0 Å². The Labute approximate surface area is 133 Å². The van der Waals surface area contributed by atoms with Gasteiger partial charge in [-0.25, -0.2) is 0 Å². The van der Waals surface area contributed by atoms with Crippen molar-refractivity contribution >= 4 is 11.9 Å². The van der Waals surface area contributed by atoms with Crippen LogP contribution in [0.4, 0.5) is 0 Å². The highest BCUT2D eigenvalue weighted by Crippen LogP contribution is 2.31. The van der Waals surface area contributed by atoms with Crippen LogP contribution in [0.1, 0.15) is 71.1 Å². The lowest BCUT2D eigenvalue weighted by Crippen LogP contribution is -2.33. The van der Waals surface area contributed by atoms with Crippen molar-refractivity contribution in [1.82, 2.24) is 0 Å². The topological polar surface area (TPSA) is 63.6 Å². The zero-order valence-corrected chi connectivity index (χ0v) is 13.8. The summed E-state index contributed by atoms with van der Waals surface area (Å²) in [5.74, 6) is -2.17. The van der Waals surface area contributed by atoms with Gasteiger partial charge in [-0.15, -0.1) is 0 Å². The van der Waals surface area contributed by atoms with Gasteiger partial charge in [0.05, 0.1) is 18.4 Å². The highest BCUT2D eigenvalue weighted by atomic mass is 16.5. The van der Waals surface area contributed by atoms with Crippen molar-refractivity contribution in [2.75, 3.05) is 6.61 Å². The van der Waals surface area contributed by atoms with Crippen LogP contribution >= 0.6 is 0 Å². The minimum absolute atomic E-state index is 0.314. The summed E-state index contributed by atoms with van der Waals surface area (Å²) in [6.07, 6.45) is 13.9. The van der Waals surface area contributed by atoms with Crippen LogP contribution in [0.25, 0.3) is 0 Å². The van der Waals surface area contributed by atoms with Crippen LogP contribution in [0.15, 0.2) is 12.2 Å². The molecule has 0 aromatic carbocycles. The standard InChI is InChI=1S/C18H30O4/c1-2-3-4-5-6-7-8-11-14-22-18(21)16-13-10-9-12-15(16)17(19)20/h5-6,15-16H,2-4,7-14H2,1H3,(H,19,20)/b6-5+.